The number of ether oxygens (including phenoxy) is 1. The van der Waals surface area contributed by atoms with Gasteiger partial charge >= 0.3 is 5.97 Å². The van der Waals surface area contributed by atoms with Crippen molar-refractivity contribution < 1.29 is 14.3 Å². The maximum atomic E-state index is 11.0. The number of Topliss-reactive ketones (excluding diaryl/α,β-unsaturated/α-hetero) is 1. The summed E-state index contributed by atoms with van der Waals surface area (Å²) in [5.41, 5.74) is 1.04. The van der Waals surface area contributed by atoms with Crippen molar-refractivity contribution in [3.05, 3.63) is 11.6 Å². The van der Waals surface area contributed by atoms with E-state index in [1.807, 2.05) is 6.08 Å². The van der Waals surface area contributed by atoms with Crippen LogP contribution in [0.25, 0.3) is 0 Å². The van der Waals surface area contributed by atoms with Gasteiger partial charge < -0.3 is 4.74 Å². The van der Waals surface area contributed by atoms with Gasteiger partial charge in [-0.15, -0.1) is 0 Å². The van der Waals surface area contributed by atoms with E-state index in [2.05, 4.69) is 0 Å². The number of hydrogen-bond acceptors (Lipinski definition) is 3. The second-order valence-electron chi connectivity index (χ2n) is 3.09. The van der Waals surface area contributed by atoms with E-state index >= 15 is 0 Å². The van der Waals surface area contributed by atoms with Crippen LogP contribution in [-0.2, 0) is 14.3 Å². The summed E-state index contributed by atoms with van der Waals surface area (Å²) < 4.78 is 4.81. The molecule has 0 bridgehead atoms. The first-order valence-electron chi connectivity index (χ1n) is 4.57. The number of esters is 1. The first-order chi connectivity index (χ1) is 6.22. The van der Waals surface area contributed by atoms with Crippen LogP contribution in [0.5, 0.6) is 0 Å². The Hall–Kier alpha value is -1.12. The summed E-state index contributed by atoms with van der Waals surface area (Å²) in [6, 6.07) is 0. The Bertz CT molecular complexity index is 241. The van der Waals surface area contributed by atoms with E-state index in [0.717, 1.165) is 12.0 Å². The maximum absolute atomic E-state index is 11.0. The normalized spacial score (nSPS) is 16.7. The van der Waals surface area contributed by atoms with Crippen LogP contribution in [0.1, 0.15) is 32.6 Å². The minimum Gasteiger partial charge on any atom is -0.466 e. The number of allylic oxidation sites excluding steroid dienone is 1. The molecule has 3 heteroatoms. The lowest BCUT2D eigenvalue weighted by Gasteiger charge is -2.10. The molecule has 1 aliphatic carbocycles. The number of carbonyl (C=O) groups is 2. The van der Waals surface area contributed by atoms with E-state index in [9.17, 15) is 9.59 Å². The Labute approximate surface area is 77.8 Å². The van der Waals surface area contributed by atoms with E-state index in [-0.39, 0.29) is 11.8 Å². The van der Waals surface area contributed by atoms with Gasteiger partial charge in [0.05, 0.1) is 13.0 Å². The molecule has 0 heterocycles. The number of hydrogen-bond donors (Lipinski definition) is 0. The zero-order valence-electron chi connectivity index (χ0n) is 7.84. The Morgan fingerprint density at radius 1 is 1.54 bits per heavy atom. The summed E-state index contributed by atoms with van der Waals surface area (Å²) in [4.78, 5) is 21.9. The highest BCUT2D eigenvalue weighted by Crippen LogP contribution is 2.18. The van der Waals surface area contributed by atoms with Crippen LogP contribution < -0.4 is 0 Å². The minimum absolute atomic E-state index is 0.192. The van der Waals surface area contributed by atoms with Crippen molar-refractivity contribution in [3.8, 4) is 0 Å². The molecule has 0 fully saturated rings. The Morgan fingerprint density at radius 2 is 2.31 bits per heavy atom. The van der Waals surface area contributed by atoms with Crippen LogP contribution in [0.15, 0.2) is 11.6 Å². The van der Waals surface area contributed by atoms with E-state index < -0.39 is 0 Å². The zero-order chi connectivity index (χ0) is 9.68. The van der Waals surface area contributed by atoms with Gasteiger partial charge in [-0.3, -0.25) is 9.59 Å². The van der Waals surface area contributed by atoms with Gasteiger partial charge in [-0.05, 0) is 13.3 Å². The first kappa shape index (κ1) is 9.96. The third-order valence-corrected chi connectivity index (χ3v) is 2.02. The summed E-state index contributed by atoms with van der Waals surface area (Å²) in [6.45, 7) is 2.21. The highest BCUT2D eigenvalue weighted by atomic mass is 16.5. The molecule has 1 aliphatic rings. The molecule has 0 aromatic heterocycles. The zero-order valence-corrected chi connectivity index (χ0v) is 7.84. The molecule has 1 rings (SSSR count). The number of rotatable bonds is 3. The molecule has 0 N–H and O–H groups in total. The third kappa shape index (κ3) is 3.40. The lowest BCUT2D eigenvalue weighted by atomic mass is 9.96. The Kier molecular flexibility index (Phi) is 3.68. The molecule has 0 saturated carbocycles. The van der Waals surface area contributed by atoms with E-state index in [4.69, 9.17) is 4.74 Å². The number of carbonyl (C=O) groups excluding carboxylic acids is 2. The van der Waals surface area contributed by atoms with Crippen LogP contribution in [0.4, 0.5) is 0 Å². The summed E-state index contributed by atoms with van der Waals surface area (Å²) in [7, 11) is 0. The molecule has 0 spiro atoms. The average molecular weight is 182 g/mol. The molecule has 0 radical (unpaired) electrons. The molecule has 0 amide bonds. The van der Waals surface area contributed by atoms with Crippen molar-refractivity contribution in [2.75, 3.05) is 6.61 Å². The van der Waals surface area contributed by atoms with Gasteiger partial charge in [-0.25, -0.2) is 0 Å². The Morgan fingerprint density at radius 3 is 2.85 bits per heavy atom. The number of ketones is 1. The fourth-order valence-corrected chi connectivity index (χ4v) is 1.32. The molecular formula is C10H14O3. The van der Waals surface area contributed by atoms with Crippen molar-refractivity contribution in [2.24, 2.45) is 0 Å². The van der Waals surface area contributed by atoms with Gasteiger partial charge in [-0.2, -0.15) is 0 Å². The molecular weight excluding hydrogens is 168 g/mol. The quantitative estimate of drug-likeness (QED) is 0.492. The molecule has 0 saturated heterocycles. The third-order valence-electron chi connectivity index (χ3n) is 2.02. The second-order valence-corrected chi connectivity index (χ2v) is 3.09. The minimum atomic E-state index is -0.192. The van der Waals surface area contributed by atoms with E-state index in [0.29, 0.717) is 25.9 Å². The van der Waals surface area contributed by atoms with Gasteiger partial charge in [-0.1, -0.05) is 11.6 Å². The van der Waals surface area contributed by atoms with Crippen LogP contribution >= 0.6 is 0 Å². The molecule has 0 aliphatic heterocycles. The molecule has 0 atom stereocenters. The predicted molar refractivity (Wildman–Crippen MR) is 48.2 cm³/mol. The standard InChI is InChI=1S/C10H14O3/c1-2-13-10(12)7-8-3-5-9(11)6-4-8/h3H,2,4-7H2,1H3. The second kappa shape index (κ2) is 4.80. The molecule has 72 valence electrons. The van der Waals surface area contributed by atoms with Crippen LogP contribution in [0.3, 0.4) is 0 Å². The van der Waals surface area contributed by atoms with Crippen LogP contribution in [0.2, 0.25) is 0 Å². The van der Waals surface area contributed by atoms with Crippen molar-refractivity contribution in [2.45, 2.75) is 32.6 Å². The smallest absolute Gasteiger partial charge is 0.309 e. The highest BCUT2D eigenvalue weighted by Gasteiger charge is 2.13. The van der Waals surface area contributed by atoms with Crippen LogP contribution in [-0.4, -0.2) is 18.4 Å². The van der Waals surface area contributed by atoms with Crippen molar-refractivity contribution in [1.82, 2.24) is 0 Å². The molecule has 3 nitrogen and oxygen atoms in total. The summed E-state index contributed by atoms with van der Waals surface area (Å²) in [5.74, 6) is 0.0655. The SMILES string of the molecule is CCOC(=O)CC1=CCC(=O)CC1. The molecule has 0 unspecified atom stereocenters. The lowest BCUT2D eigenvalue weighted by molar-refractivity contribution is -0.142. The first-order valence-corrected chi connectivity index (χ1v) is 4.57. The summed E-state index contributed by atoms with van der Waals surface area (Å²) in [5, 5.41) is 0. The van der Waals surface area contributed by atoms with Gasteiger partial charge in [0.2, 0.25) is 0 Å². The van der Waals surface area contributed by atoms with Gasteiger partial charge in [0.25, 0.3) is 0 Å². The lowest BCUT2D eigenvalue weighted by Crippen LogP contribution is -2.09. The predicted octanol–water partition coefficient (Wildman–Crippen LogP) is 1.62. The summed E-state index contributed by atoms with van der Waals surface area (Å²) >= 11 is 0. The average Bonchev–Trinajstić information content (AvgIpc) is 2.09. The maximum Gasteiger partial charge on any atom is 0.309 e. The van der Waals surface area contributed by atoms with Gasteiger partial charge in [0.1, 0.15) is 5.78 Å². The fraction of sp³-hybridized carbons (Fsp3) is 0.600. The topological polar surface area (TPSA) is 43.4 Å². The Balaban J connectivity index is 2.37. The van der Waals surface area contributed by atoms with Crippen molar-refractivity contribution >= 4 is 11.8 Å². The van der Waals surface area contributed by atoms with Crippen LogP contribution in [0, 0.1) is 0 Å². The molecule has 0 aromatic carbocycles. The van der Waals surface area contributed by atoms with E-state index in [1.54, 1.807) is 6.92 Å². The fourth-order valence-electron chi connectivity index (χ4n) is 1.32. The van der Waals surface area contributed by atoms with Crippen molar-refractivity contribution in [3.63, 3.8) is 0 Å². The molecule has 0 aromatic rings. The highest BCUT2D eigenvalue weighted by molar-refractivity contribution is 5.82. The van der Waals surface area contributed by atoms with Crippen molar-refractivity contribution in [1.29, 1.82) is 0 Å². The van der Waals surface area contributed by atoms with Gasteiger partial charge in [0.15, 0.2) is 0 Å². The monoisotopic (exact) mass is 182 g/mol. The van der Waals surface area contributed by atoms with E-state index in [1.165, 1.54) is 0 Å². The summed E-state index contributed by atoms with van der Waals surface area (Å²) in [6.07, 6.45) is 3.97. The van der Waals surface area contributed by atoms with Gasteiger partial charge in [0, 0.05) is 12.8 Å². The largest absolute Gasteiger partial charge is 0.466 e. The molecule has 13 heavy (non-hydrogen) atoms.